The van der Waals surface area contributed by atoms with Gasteiger partial charge in [-0.25, -0.2) is 9.50 Å². The number of carbonyl (C=O) groups is 1. The van der Waals surface area contributed by atoms with Gasteiger partial charge in [0.2, 0.25) is 5.91 Å². The number of nitrogens with one attached hydrogen (secondary N) is 1. The lowest BCUT2D eigenvalue weighted by Gasteiger charge is -2.27. The summed E-state index contributed by atoms with van der Waals surface area (Å²) in [6, 6.07) is 9.56. The van der Waals surface area contributed by atoms with Crippen LogP contribution in [0.15, 0.2) is 55.0 Å². The lowest BCUT2D eigenvalue weighted by atomic mass is 10.0. The molecular weight excluding hydrogens is 444 g/mol. The molecule has 3 aromatic rings. The third-order valence-corrected chi connectivity index (χ3v) is 6.74. The van der Waals surface area contributed by atoms with Crippen molar-refractivity contribution in [2.75, 3.05) is 51.3 Å². The van der Waals surface area contributed by atoms with E-state index in [0.717, 1.165) is 67.9 Å². The van der Waals surface area contributed by atoms with Crippen LogP contribution in [0.25, 0.3) is 5.52 Å². The Labute approximate surface area is 205 Å². The van der Waals surface area contributed by atoms with Crippen molar-refractivity contribution >= 4 is 17.2 Å². The first-order valence-electron chi connectivity index (χ1n) is 12.2. The third-order valence-electron chi connectivity index (χ3n) is 6.74. The monoisotopic (exact) mass is 476 g/mol. The Kier molecular flexibility index (Phi) is 7.37. The summed E-state index contributed by atoms with van der Waals surface area (Å²) in [4.78, 5) is 21.5. The number of aromatic nitrogens is 3. The number of aliphatic hydroxyl groups is 1. The molecule has 184 valence electrons. The number of morpholine rings is 1. The first kappa shape index (κ1) is 23.5. The van der Waals surface area contributed by atoms with Gasteiger partial charge in [-0.3, -0.25) is 9.69 Å². The van der Waals surface area contributed by atoms with Gasteiger partial charge < -0.3 is 20.1 Å². The van der Waals surface area contributed by atoms with Crippen LogP contribution in [0.4, 0.5) is 5.82 Å². The van der Waals surface area contributed by atoms with E-state index in [4.69, 9.17) is 4.74 Å². The van der Waals surface area contributed by atoms with E-state index >= 15 is 0 Å². The fraction of sp³-hybridized carbons (Fsp3) is 0.423. The summed E-state index contributed by atoms with van der Waals surface area (Å²) in [6.07, 6.45) is 8.78. The average molecular weight is 477 g/mol. The molecule has 2 aromatic heterocycles. The smallest absolute Gasteiger partial charge is 0.246 e. The molecule has 35 heavy (non-hydrogen) atoms. The van der Waals surface area contributed by atoms with E-state index in [1.54, 1.807) is 6.08 Å². The van der Waals surface area contributed by atoms with Crippen LogP contribution in [0.3, 0.4) is 0 Å². The molecule has 1 amide bonds. The van der Waals surface area contributed by atoms with Crippen molar-refractivity contribution in [3.63, 3.8) is 0 Å². The topological polar surface area (TPSA) is 95.2 Å². The van der Waals surface area contributed by atoms with Crippen molar-refractivity contribution in [1.29, 1.82) is 0 Å². The molecule has 2 aliphatic heterocycles. The standard InChI is InChI=1S/C26H32N6O3/c33-18-23(20-6-2-1-3-7-20)29-26-25-22-9-11-31(16-21(22)17-32(25)28-19-27-26)24(34)8-4-5-10-30-12-14-35-15-13-30/h1-4,6-8,17,19,23,33H,5,9-16,18H2,(H,27,28,29)/b8-4+/t23-/m1/s1. The summed E-state index contributed by atoms with van der Waals surface area (Å²) >= 11 is 0. The van der Waals surface area contributed by atoms with Crippen LogP contribution in [-0.4, -0.2) is 81.4 Å². The van der Waals surface area contributed by atoms with Crippen molar-refractivity contribution in [3.05, 3.63) is 71.7 Å². The molecule has 1 saturated heterocycles. The predicted octanol–water partition coefficient (Wildman–Crippen LogP) is 2.04. The molecule has 1 atom stereocenters. The van der Waals surface area contributed by atoms with Crippen molar-refractivity contribution in [2.45, 2.75) is 25.4 Å². The zero-order valence-corrected chi connectivity index (χ0v) is 19.8. The van der Waals surface area contributed by atoms with Gasteiger partial charge >= 0.3 is 0 Å². The molecule has 4 heterocycles. The van der Waals surface area contributed by atoms with Gasteiger partial charge in [0.15, 0.2) is 5.82 Å². The molecule has 0 bridgehead atoms. The minimum atomic E-state index is -0.273. The van der Waals surface area contributed by atoms with Crippen LogP contribution < -0.4 is 5.32 Å². The number of nitrogens with zero attached hydrogens (tertiary/aromatic N) is 5. The number of hydrogen-bond acceptors (Lipinski definition) is 7. The van der Waals surface area contributed by atoms with E-state index in [-0.39, 0.29) is 18.6 Å². The van der Waals surface area contributed by atoms with Crippen molar-refractivity contribution in [2.24, 2.45) is 0 Å². The van der Waals surface area contributed by atoms with E-state index in [1.807, 2.05) is 52.0 Å². The predicted molar refractivity (Wildman–Crippen MR) is 133 cm³/mol. The molecule has 0 saturated carbocycles. The zero-order valence-electron chi connectivity index (χ0n) is 19.8. The number of fused-ring (bicyclic) bond motifs is 3. The summed E-state index contributed by atoms with van der Waals surface area (Å²) in [7, 11) is 0. The molecule has 0 radical (unpaired) electrons. The van der Waals surface area contributed by atoms with E-state index in [9.17, 15) is 9.90 Å². The second kappa shape index (κ2) is 11.0. The van der Waals surface area contributed by atoms with E-state index < -0.39 is 0 Å². The fourth-order valence-electron chi connectivity index (χ4n) is 4.82. The average Bonchev–Trinajstić information content (AvgIpc) is 3.29. The summed E-state index contributed by atoms with van der Waals surface area (Å²) in [5, 5.41) is 17.8. The van der Waals surface area contributed by atoms with Crippen molar-refractivity contribution < 1.29 is 14.6 Å². The van der Waals surface area contributed by atoms with Gasteiger partial charge in [0.05, 0.1) is 25.9 Å². The summed E-state index contributed by atoms with van der Waals surface area (Å²) in [5.41, 5.74) is 4.13. The molecule has 1 aromatic carbocycles. The SMILES string of the molecule is O=C(/C=C/CCN1CCOCC1)N1CCc2c(cn3ncnc(N[C@H](CO)c4ccccc4)c23)C1. The molecule has 2 aliphatic rings. The number of amides is 1. The maximum absolute atomic E-state index is 12.8. The molecule has 0 unspecified atom stereocenters. The summed E-state index contributed by atoms with van der Waals surface area (Å²) < 4.78 is 7.21. The molecule has 0 spiro atoms. The van der Waals surface area contributed by atoms with Gasteiger partial charge in [-0.05, 0) is 35.6 Å². The Balaban J connectivity index is 1.26. The van der Waals surface area contributed by atoms with Crippen LogP contribution in [0, 0.1) is 0 Å². The van der Waals surface area contributed by atoms with E-state index in [2.05, 4.69) is 20.3 Å². The van der Waals surface area contributed by atoms with Crippen LogP contribution in [0.1, 0.15) is 29.2 Å². The third kappa shape index (κ3) is 5.37. The number of ether oxygens (including phenoxy) is 1. The van der Waals surface area contributed by atoms with Crippen LogP contribution in [0.5, 0.6) is 0 Å². The first-order chi connectivity index (χ1) is 17.2. The van der Waals surface area contributed by atoms with Gasteiger partial charge in [-0.2, -0.15) is 5.10 Å². The zero-order chi connectivity index (χ0) is 24.0. The molecule has 2 N–H and O–H groups in total. The highest BCUT2D eigenvalue weighted by Crippen LogP contribution is 2.30. The highest BCUT2D eigenvalue weighted by Gasteiger charge is 2.25. The van der Waals surface area contributed by atoms with Gasteiger partial charge in [0.25, 0.3) is 0 Å². The highest BCUT2D eigenvalue weighted by atomic mass is 16.5. The second-order valence-electron chi connectivity index (χ2n) is 8.98. The van der Waals surface area contributed by atoms with Crippen LogP contribution in [-0.2, 0) is 22.5 Å². The minimum absolute atomic E-state index is 0.0433. The number of carbonyl (C=O) groups excluding carboxylic acids is 1. The Bertz CT molecular complexity index is 1170. The fourth-order valence-corrected chi connectivity index (χ4v) is 4.82. The number of aliphatic hydroxyl groups excluding tert-OH is 1. The lowest BCUT2D eigenvalue weighted by molar-refractivity contribution is -0.126. The van der Waals surface area contributed by atoms with Crippen LogP contribution >= 0.6 is 0 Å². The van der Waals surface area contributed by atoms with Gasteiger partial charge in [0, 0.05) is 38.9 Å². The Hall–Kier alpha value is -3.27. The largest absolute Gasteiger partial charge is 0.394 e. The number of anilines is 1. The molecule has 5 rings (SSSR count). The molecule has 9 nitrogen and oxygen atoms in total. The Morgan fingerprint density at radius 2 is 2.03 bits per heavy atom. The summed E-state index contributed by atoms with van der Waals surface area (Å²) in [5.74, 6) is 0.730. The minimum Gasteiger partial charge on any atom is -0.394 e. The highest BCUT2D eigenvalue weighted by molar-refractivity contribution is 5.88. The van der Waals surface area contributed by atoms with Crippen molar-refractivity contribution in [1.82, 2.24) is 24.4 Å². The number of benzene rings is 1. The maximum atomic E-state index is 12.8. The number of hydrogen-bond donors (Lipinski definition) is 2. The Morgan fingerprint density at radius 1 is 1.20 bits per heavy atom. The molecule has 1 fully saturated rings. The first-order valence-corrected chi connectivity index (χ1v) is 12.2. The maximum Gasteiger partial charge on any atom is 0.246 e. The lowest BCUT2D eigenvalue weighted by Crippen LogP contribution is -2.36. The van der Waals surface area contributed by atoms with Gasteiger partial charge in [-0.1, -0.05) is 36.4 Å². The van der Waals surface area contributed by atoms with E-state index in [1.165, 1.54) is 6.33 Å². The summed E-state index contributed by atoms with van der Waals surface area (Å²) in [6.45, 7) is 5.60. The number of rotatable bonds is 8. The normalized spacial score (nSPS) is 17.6. The molecule has 0 aliphatic carbocycles. The van der Waals surface area contributed by atoms with Gasteiger partial charge in [-0.15, -0.1) is 0 Å². The molecular formula is C26H32N6O3. The molecule has 9 heteroatoms. The quantitative estimate of drug-likeness (QED) is 0.481. The van der Waals surface area contributed by atoms with Gasteiger partial charge in [0.1, 0.15) is 11.8 Å². The Morgan fingerprint density at radius 3 is 2.83 bits per heavy atom. The van der Waals surface area contributed by atoms with Crippen LogP contribution in [0.2, 0.25) is 0 Å². The second-order valence-corrected chi connectivity index (χ2v) is 8.98. The van der Waals surface area contributed by atoms with E-state index in [0.29, 0.717) is 18.9 Å². The van der Waals surface area contributed by atoms with Crippen molar-refractivity contribution in [3.8, 4) is 0 Å².